The van der Waals surface area contributed by atoms with Crippen molar-refractivity contribution in [3.63, 3.8) is 0 Å². The first-order chi connectivity index (χ1) is 14.5. The molecule has 3 heterocycles. The third-order valence-corrected chi connectivity index (χ3v) is 6.69. The lowest BCUT2D eigenvalue weighted by molar-refractivity contribution is -0.137. The number of piperidine rings is 1. The number of likely N-dealkylation sites (tertiary alicyclic amines) is 1. The molecular formula is C21H25N5O3S. The van der Waals surface area contributed by atoms with Gasteiger partial charge in [-0.1, -0.05) is 30.3 Å². The largest absolute Gasteiger partial charge is 0.368 e. The number of nitrogens with zero attached hydrogens (tertiary/aromatic N) is 4. The molecule has 1 aromatic heterocycles. The van der Waals surface area contributed by atoms with Gasteiger partial charge in [-0.25, -0.2) is 9.78 Å². The highest BCUT2D eigenvalue weighted by Gasteiger charge is 2.57. The van der Waals surface area contributed by atoms with Gasteiger partial charge in [-0.05, 0) is 24.8 Å². The van der Waals surface area contributed by atoms with Gasteiger partial charge in [-0.2, -0.15) is 0 Å². The summed E-state index contributed by atoms with van der Waals surface area (Å²) >= 11 is 1.61. The van der Waals surface area contributed by atoms with Crippen molar-refractivity contribution in [1.29, 1.82) is 0 Å². The van der Waals surface area contributed by atoms with Crippen LogP contribution in [0, 0.1) is 0 Å². The second-order valence-corrected chi connectivity index (χ2v) is 8.74. The fraction of sp³-hybridized carbons (Fsp3) is 0.429. The molecule has 2 fully saturated rings. The quantitative estimate of drug-likeness (QED) is 0.675. The summed E-state index contributed by atoms with van der Waals surface area (Å²) in [5.74, 6) is -0.980. The van der Waals surface area contributed by atoms with E-state index in [1.807, 2.05) is 35.7 Å². The number of nitrogens with two attached hydrogens (primary N) is 1. The van der Waals surface area contributed by atoms with Crippen LogP contribution in [0.5, 0.6) is 0 Å². The van der Waals surface area contributed by atoms with Crippen LogP contribution in [0.25, 0.3) is 0 Å². The predicted molar refractivity (Wildman–Crippen MR) is 113 cm³/mol. The highest BCUT2D eigenvalue weighted by molar-refractivity contribution is 7.09. The van der Waals surface area contributed by atoms with Gasteiger partial charge in [0, 0.05) is 31.2 Å². The van der Waals surface area contributed by atoms with Gasteiger partial charge in [0.05, 0.1) is 6.54 Å². The third kappa shape index (κ3) is 3.95. The summed E-state index contributed by atoms with van der Waals surface area (Å²) in [5, 5.41) is 2.99. The number of carbonyl (C=O) groups excluding carboxylic acids is 3. The molecule has 1 aromatic carbocycles. The maximum atomic E-state index is 13.3. The minimum absolute atomic E-state index is 0.298. The van der Waals surface area contributed by atoms with Crippen molar-refractivity contribution in [3.8, 4) is 0 Å². The summed E-state index contributed by atoms with van der Waals surface area (Å²) in [6.45, 7) is 2.17. The highest BCUT2D eigenvalue weighted by Crippen LogP contribution is 2.37. The first-order valence-corrected chi connectivity index (χ1v) is 10.9. The van der Waals surface area contributed by atoms with E-state index < -0.39 is 17.5 Å². The number of hydrogen-bond acceptors (Lipinski definition) is 6. The van der Waals surface area contributed by atoms with Gasteiger partial charge < -0.3 is 10.6 Å². The van der Waals surface area contributed by atoms with Crippen LogP contribution in [-0.4, -0.2) is 69.2 Å². The second kappa shape index (κ2) is 8.53. The number of thiazole rings is 1. The van der Waals surface area contributed by atoms with Crippen LogP contribution in [0.3, 0.4) is 0 Å². The molecule has 30 heavy (non-hydrogen) atoms. The fourth-order valence-electron chi connectivity index (χ4n) is 4.36. The average Bonchev–Trinajstić information content (AvgIpc) is 3.31. The van der Waals surface area contributed by atoms with Gasteiger partial charge in [0.2, 0.25) is 5.91 Å². The zero-order valence-electron chi connectivity index (χ0n) is 16.7. The molecule has 2 aromatic rings. The van der Waals surface area contributed by atoms with Gasteiger partial charge >= 0.3 is 6.03 Å². The normalized spacial score (nSPS) is 19.1. The molecular weight excluding hydrogens is 402 g/mol. The molecule has 0 unspecified atom stereocenters. The number of urea groups is 1. The van der Waals surface area contributed by atoms with E-state index in [9.17, 15) is 14.4 Å². The number of carbonyl (C=O) groups is 3. The SMILES string of the molecule is NC(=O)CN1C(=O)N(CCc2ccccc2)C2(CCN(Cc3nccs3)CC2)C1=O. The Morgan fingerprint density at radius 1 is 1.17 bits per heavy atom. The highest BCUT2D eigenvalue weighted by atomic mass is 32.1. The minimum Gasteiger partial charge on any atom is -0.368 e. The molecule has 9 heteroatoms. The Morgan fingerprint density at radius 2 is 1.90 bits per heavy atom. The van der Waals surface area contributed by atoms with Crippen LogP contribution in [0.15, 0.2) is 41.9 Å². The van der Waals surface area contributed by atoms with Gasteiger partial charge in [0.1, 0.15) is 17.1 Å². The summed E-state index contributed by atoms with van der Waals surface area (Å²) in [7, 11) is 0. The van der Waals surface area contributed by atoms with Crippen molar-refractivity contribution in [2.45, 2.75) is 31.3 Å². The Balaban J connectivity index is 1.52. The van der Waals surface area contributed by atoms with Crippen LogP contribution in [0.4, 0.5) is 4.79 Å². The number of aromatic nitrogens is 1. The maximum Gasteiger partial charge on any atom is 0.328 e. The van der Waals surface area contributed by atoms with Crippen LogP contribution >= 0.6 is 11.3 Å². The molecule has 2 aliphatic heterocycles. The van der Waals surface area contributed by atoms with E-state index in [-0.39, 0.29) is 12.5 Å². The first-order valence-electron chi connectivity index (χ1n) is 10.1. The lowest BCUT2D eigenvalue weighted by Gasteiger charge is -2.42. The molecule has 0 saturated carbocycles. The summed E-state index contributed by atoms with van der Waals surface area (Å²) in [6.07, 6.45) is 3.51. The first kappa shape index (κ1) is 20.5. The maximum absolute atomic E-state index is 13.3. The van der Waals surface area contributed by atoms with Crippen LogP contribution in [-0.2, 0) is 22.6 Å². The van der Waals surface area contributed by atoms with Gasteiger partial charge in [-0.3, -0.25) is 19.4 Å². The summed E-state index contributed by atoms with van der Waals surface area (Å²) in [6, 6.07) is 9.46. The van der Waals surface area contributed by atoms with Crippen molar-refractivity contribution >= 4 is 29.2 Å². The predicted octanol–water partition coefficient (Wildman–Crippen LogP) is 1.47. The van der Waals surface area contributed by atoms with E-state index in [2.05, 4.69) is 9.88 Å². The number of rotatable bonds is 7. The Kier molecular flexibility index (Phi) is 5.83. The van der Waals surface area contributed by atoms with Crippen LogP contribution < -0.4 is 5.73 Å². The monoisotopic (exact) mass is 427 g/mol. The molecule has 0 atom stereocenters. The van der Waals surface area contributed by atoms with Crippen molar-refractivity contribution in [2.24, 2.45) is 5.73 Å². The van der Waals surface area contributed by atoms with Crippen LogP contribution in [0.2, 0.25) is 0 Å². The molecule has 8 nitrogen and oxygen atoms in total. The number of imide groups is 1. The number of benzene rings is 1. The topological polar surface area (TPSA) is 99.8 Å². The average molecular weight is 428 g/mol. The van der Waals surface area contributed by atoms with Crippen molar-refractivity contribution < 1.29 is 14.4 Å². The van der Waals surface area contributed by atoms with Gasteiger partial charge in [0.15, 0.2) is 0 Å². The Labute approximate surface area is 179 Å². The third-order valence-electron chi connectivity index (χ3n) is 5.93. The smallest absolute Gasteiger partial charge is 0.328 e. The van der Waals surface area contributed by atoms with Crippen molar-refractivity contribution in [3.05, 3.63) is 52.5 Å². The van der Waals surface area contributed by atoms with Gasteiger partial charge in [-0.15, -0.1) is 11.3 Å². The number of hydrogen-bond donors (Lipinski definition) is 1. The molecule has 158 valence electrons. The molecule has 2 saturated heterocycles. The van der Waals surface area contributed by atoms with E-state index in [1.54, 1.807) is 22.4 Å². The van der Waals surface area contributed by atoms with E-state index in [0.29, 0.717) is 38.9 Å². The minimum atomic E-state index is -0.902. The molecule has 1 spiro atoms. The molecule has 2 N–H and O–H groups in total. The summed E-state index contributed by atoms with van der Waals surface area (Å²) in [5.41, 5.74) is 5.50. The zero-order chi connectivity index (χ0) is 21.1. The van der Waals surface area contributed by atoms with Crippen molar-refractivity contribution in [1.82, 2.24) is 19.7 Å². The van der Waals surface area contributed by atoms with E-state index in [1.165, 1.54) is 0 Å². The van der Waals surface area contributed by atoms with E-state index in [0.717, 1.165) is 22.0 Å². The zero-order valence-corrected chi connectivity index (χ0v) is 17.5. The lowest BCUT2D eigenvalue weighted by atomic mass is 9.85. The lowest BCUT2D eigenvalue weighted by Crippen LogP contribution is -2.56. The Hall–Kier alpha value is -2.78. The standard InChI is InChI=1S/C21H25N5O3S/c22-17(27)14-25-19(28)21(7-11-24(12-8-21)15-18-23-9-13-30-18)26(20(25)29)10-6-16-4-2-1-3-5-16/h1-5,9,13H,6-8,10-12,14-15H2,(H2,22,27). The number of primary amides is 1. The molecule has 0 radical (unpaired) electrons. The van der Waals surface area contributed by atoms with Crippen LogP contribution in [0.1, 0.15) is 23.4 Å². The van der Waals surface area contributed by atoms with Gasteiger partial charge in [0.25, 0.3) is 5.91 Å². The van der Waals surface area contributed by atoms with E-state index in [4.69, 9.17) is 5.73 Å². The fourth-order valence-corrected chi connectivity index (χ4v) is 5.02. The van der Waals surface area contributed by atoms with Crippen molar-refractivity contribution in [2.75, 3.05) is 26.2 Å². The summed E-state index contributed by atoms with van der Waals surface area (Å²) in [4.78, 5) is 47.2. The second-order valence-electron chi connectivity index (χ2n) is 7.76. The molecule has 4 rings (SSSR count). The summed E-state index contributed by atoms with van der Waals surface area (Å²) < 4.78 is 0. The van der Waals surface area contributed by atoms with E-state index >= 15 is 0 Å². The number of amides is 4. The molecule has 0 bridgehead atoms. The molecule has 0 aliphatic carbocycles. The Bertz CT molecular complexity index is 910. The molecule has 4 amide bonds. The Morgan fingerprint density at radius 3 is 2.53 bits per heavy atom. The molecule has 2 aliphatic rings.